The molecule has 1 N–H and O–H groups in total. The van der Waals surface area contributed by atoms with Crippen molar-refractivity contribution < 1.29 is 14.4 Å². The molecule has 5 rings (SSSR count). The maximum atomic E-state index is 13.3. The van der Waals surface area contributed by atoms with Gasteiger partial charge in [0, 0.05) is 25.7 Å². The fraction of sp³-hybridized carbons (Fsp3) is 0.625. The van der Waals surface area contributed by atoms with Crippen molar-refractivity contribution in [2.75, 3.05) is 6.54 Å². The molecule has 1 unspecified atom stereocenters. The average molecular weight is 438 g/mol. The molecule has 32 heavy (non-hydrogen) atoms. The Kier molecular flexibility index (Phi) is 5.06. The van der Waals surface area contributed by atoms with Gasteiger partial charge in [-0.2, -0.15) is 5.10 Å². The summed E-state index contributed by atoms with van der Waals surface area (Å²) in [6.45, 7) is 6.66. The van der Waals surface area contributed by atoms with Crippen molar-refractivity contribution >= 4 is 28.6 Å². The lowest BCUT2D eigenvalue weighted by molar-refractivity contribution is -0.140. The molecule has 3 aliphatic rings. The van der Waals surface area contributed by atoms with Crippen LogP contribution in [0, 0.1) is 17.3 Å². The number of nitrogens with zero attached hydrogens (tertiary/aromatic N) is 4. The van der Waals surface area contributed by atoms with Crippen LogP contribution in [0.5, 0.6) is 0 Å². The van der Waals surface area contributed by atoms with E-state index in [-0.39, 0.29) is 35.6 Å². The Hall–Kier alpha value is -2.77. The van der Waals surface area contributed by atoms with Crippen LogP contribution in [0.1, 0.15) is 63.4 Å². The maximum Gasteiger partial charge on any atom is 0.245 e. The second-order valence-electron chi connectivity index (χ2n) is 10.4. The van der Waals surface area contributed by atoms with Crippen molar-refractivity contribution in [3.05, 3.63) is 24.0 Å². The van der Waals surface area contributed by atoms with Gasteiger partial charge in [-0.15, -0.1) is 0 Å². The minimum atomic E-state index is -0.419. The third-order valence-corrected chi connectivity index (χ3v) is 7.82. The molecule has 0 radical (unpaired) electrons. The monoisotopic (exact) mass is 437 g/mol. The number of ketones is 1. The average Bonchev–Trinajstić information content (AvgIpc) is 3.08. The summed E-state index contributed by atoms with van der Waals surface area (Å²) in [5.74, 6) is 0.559. The standard InChI is InChI=1S/C24H31N5O3/c1-14(30)21-17-7-5-9-25-22(17)28(27-21)13-20(31)29-18-10-15(18)11-19(29)23(32)26-12-16-6-4-8-24(16,2)3/h5,7,9,15-16,18-19H,4,6,8,10-13H2,1-3H3,(H,26,32)/t15-,16?,18-,19+/m1/s1. The first-order valence-corrected chi connectivity index (χ1v) is 11.7. The molecule has 2 aromatic heterocycles. The van der Waals surface area contributed by atoms with Gasteiger partial charge in [-0.05, 0) is 55.1 Å². The summed E-state index contributed by atoms with van der Waals surface area (Å²) >= 11 is 0. The zero-order valence-electron chi connectivity index (χ0n) is 19.0. The lowest BCUT2D eigenvalue weighted by atomic mass is 9.82. The van der Waals surface area contributed by atoms with Crippen molar-refractivity contribution in [1.82, 2.24) is 25.0 Å². The van der Waals surface area contributed by atoms with Crippen LogP contribution in [0.3, 0.4) is 0 Å². The number of piperidine rings is 1. The lowest BCUT2D eigenvalue weighted by Gasteiger charge is -2.30. The summed E-state index contributed by atoms with van der Waals surface area (Å²) in [5.41, 5.74) is 1.09. The van der Waals surface area contributed by atoms with Gasteiger partial charge < -0.3 is 10.2 Å². The van der Waals surface area contributed by atoms with Gasteiger partial charge in [0.15, 0.2) is 11.4 Å². The Morgan fingerprint density at radius 1 is 1.25 bits per heavy atom. The summed E-state index contributed by atoms with van der Waals surface area (Å²) in [6, 6.07) is 3.27. The Morgan fingerprint density at radius 2 is 2.06 bits per heavy atom. The normalized spacial score (nSPS) is 28.0. The van der Waals surface area contributed by atoms with Crippen LogP contribution >= 0.6 is 0 Å². The zero-order chi connectivity index (χ0) is 22.6. The Labute approximate surface area is 187 Å². The molecule has 2 amide bonds. The molecule has 4 atom stereocenters. The molecule has 0 bridgehead atoms. The number of amides is 2. The van der Waals surface area contributed by atoms with Crippen molar-refractivity contribution in [1.29, 1.82) is 0 Å². The molecule has 8 heteroatoms. The van der Waals surface area contributed by atoms with Gasteiger partial charge in [0.05, 0.1) is 5.39 Å². The van der Waals surface area contributed by atoms with Gasteiger partial charge in [-0.1, -0.05) is 20.3 Å². The molecule has 0 aromatic carbocycles. The molecule has 3 heterocycles. The van der Waals surface area contributed by atoms with E-state index in [4.69, 9.17) is 0 Å². The number of rotatable bonds is 6. The van der Waals surface area contributed by atoms with E-state index in [9.17, 15) is 14.4 Å². The Balaban J connectivity index is 1.30. The number of hydrogen-bond acceptors (Lipinski definition) is 5. The minimum absolute atomic E-state index is 0.0244. The molecule has 2 aliphatic carbocycles. The van der Waals surface area contributed by atoms with Crippen LogP contribution in [0.2, 0.25) is 0 Å². The topological polar surface area (TPSA) is 97.2 Å². The van der Waals surface area contributed by atoms with Crippen molar-refractivity contribution in [2.24, 2.45) is 17.3 Å². The van der Waals surface area contributed by atoms with E-state index < -0.39 is 6.04 Å². The third-order valence-electron chi connectivity index (χ3n) is 7.82. The summed E-state index contributed by atoms with van der Waals surface area (Å²) in [5, 5.41) is 8.16. The maximum absolute atomic E-state index is 13.3. The fourth-order valence-corrected chi connectivity index (χ4v) is 5.76. The summed E-state index contributed by atoms with van der Waals surface area (Å²) < 4.78 is 1.50. The van der Waals surface area contributed by atoms with E-state index in [0.29, 0.717) is 35.1 Å². The van der Waals surface area contributed by atoms with E-state index in [1.54, 1.807) is 23.2 Å². The first-order valence-electron chi connectivity index (χ1n) is 11.7. The number of pyridine rings is 1. The van der Waals surface area contributed by atoms with Crippen LogP contribution in [0.25, 0.3) is 11.0 Å². The largest absolute Gasteiger partial charge is 0.354 e. The smallest absolute Gasteiger partial charge is 0.245 e. The Bertz CT molecular complexity index is 1090. The number of Topliss-reactive ketones (excluding diaryl/α,β-unsaturated/α-hetero) is 1. The molecule has 3 fully saturated rings. The number of aromatic nitrogens is 3. The van der Waals surface area contributed by atoms with E-state index >= 15 is 0 Å². The van der Waals surface area contributed by atoms with Crippen LogP contribution in [0.15, 0.2) is 18.3 Å². The summed E-state index contributed by atoms with van der Waals surface area (Å²) in [7, 11) is 0. The highest BCUT2D eigenvalue weighted by atomic mass is 16.2. The van der Waals surface area contributed by atoms with Crippen LogP contribution in [-0.4, -0.2) is 55.9 Å². The van der Waals surface area contributed by atoms with E-state index in [2.05, 4.69) is 29.2 Å². The first kappa shape index (κ1) is 21.1. The fourth-order valence-electron chi connectivity index (χ4n) is 5.76. The molecule has 1 aliphatic heterocycles. The number of fused-ring (bicyclic) bond motifs is 2. The Morgan fingerprint density at radius 3 is 2.78 bits per heavy atom. The zero-order valence-corrected chi connectivity index (χ0v) is 19.0. The minimum Gasteiger partial charge on any atom is -0.354 e. The van der Waals surface area contributed by atoms with Gasteiger partial charge >= 0.3 is 0 Å². The third kappa shape index (κ3) is 3.59. The number of likely N-dealkylation sites (tertiary alicyclic amines) is 1. The van der Waals surface area contributed by atoms with Crippen molar-refractivity contribution in [2.45, 2.75) is 71.5 Å². The van der Waals surface area contributed by atoms with Crippen LogP contribution < -0.4 is 5.32 Å². The molecule has 2 saturated carbocycles. The molecule has 2 aromatic rings. The second kappa shape index (κ2) is 7.67. The van der Waals surface area contributed by atoms with Crippen LogP contribution in [-0.2, 0) is 16.1 Å². The van der Waals surface area contributed by atoms with Gasteiger partial charge in [-0.25, -0.2) is 9.67 Å². The van der Waals surface area contributed by atoms with Crippen molar-refractivity contribution in [3.8, 4) is 0 Å². The van der Waals surface area contributed by atoms with E-state index in [1.165, 1.54) is 24.4 Å². The molecular formula is C24H31N5O3. The van der Waals surface area contributed by atoms with E-state index in [1.807, 2.05) is 0 Å². The number of hydrogen-bond donors (Lipinski definition) is 1. The lowest BCUT2D eigenvalue weighted by Crippen LogP contribution is -2.50. The molecular weight excluding hydrogens is 406 g/mol. The molecule has 170 valence electrons. The van der Waals surface area contributed by atoms with E-state index in [0.717, 1.165) is 19.3 Å². The number of carbonyl (C=O) groups is 3. The van der Waals surface area contributed by atoms with Gasteiger partial charge in [-0.3, -0.25) is 14.4 Å². The van der Waals surface area contributed by atoms with Gasteiger partial charge in [0.25, 0.3) is 0 Å². The van der Waals surface area contributed by atoms with Crippen LogP contribution in [0.4, 0.5) is 0 Å². The highest BCUT2D eigenvalue weighted by molar-refractivity contribution is 6.04. The highest BCUT2D eigenvalue weighted by Crippen LogP contribution is 2.48. The number of nitrogens with one attached hydrogen (secondary N) is 1. The SMILES string of the molecule is CC(=O)c1nn(CC(=O)N2[C@@H]3C[C@@H]3C[C@H]2C(=O)NCC2CCCC2(C)C)c2ncccc12. The first-order chi connectivity index (χ1) is 15.3. The number of carbonyl (C=O) groups excluding carboxylic acids is 3. The summed E-state index contributed by atoms with van der Waals surface area (Å²) in [6.07, 6.45) is 6.86. The highest BCUT2D eigenvalue weighted by Gasteiger charge is 2.56. The molecule has 8 nitrogen and oxygen atoms in total. The quantitative estimate of drug-likeness (QED) is 0.701. The molecule has 1 saturated heterocycles. The summed E-state index contributed by atoms with van der Waals surface area (Å²) in [4.78, 5) is 44.5. The van der Waals surface area contributed by atoms with Gasteiger partial charge in [0.1, 0.15) is 18.3 Å². The van der Waals surface area contributed by atoms with Gasteiger partial charge in [0.2, 0.25) is 11.8 Å². The molecule has 0 spiro atoms. The van der Waals surface area contributed by atoms with Crippen molar-refractivity contribution in [3.63, 3.8) is 0 Å². The predicted octanol–water partition coefficient (Wildman–Crippen LogP) is 2.57. The predicted molar refractivity (Wildman–Crippen MR) is 119 cm³/mol. The second-order valence-corrected chi connectivity index (χ2v) is 10.4.